The van der Waals surface area contributed by atoms with Crippen LogP contribution in [0.2, 0.25) is 0 Å². The van der Waals surface area contributed by atoms with Crippen LogP contribution in [0.5, 0.6) is 5.88 Å². The third-order valence-corrected chi connectivity index (χ3v) is 4.15. The molecule has 1 aliphatic rings. The van der Waals surface area contributed by atoms with Crippen LogP contribution in [0.3, 0.4) is 0 Å². The molecule has 2 aromatic heterocycles. The van der Waals surface area contributed by atoms with E-state index >= 15 is 0 Å². The van der Waals surface area contributed by atoms with Crippen molar-refractivity contribution in [1.82, 2.24) is 15.3 Å². The highest BCUT2D eigenvalue weighted by Crippen LogP contribution is 2.33. The zero-order chi connectivity index (χ0) is 15.1. The first-order valence-electron chi connectivity index (χ1n) is 7.30. The van der Waals surface area contributed by atoms with Crippen molar-refractivity contribution in [1.29, 1.82) is 0 Å². The van der Waals surface area contributed by atoms with Crippen LogP contribution >= 0.6 is 0 Å². The topological polar surface area (TPSA) is 49.9 Å². The summed E-state index contributed by atoms with van der Waals surface area (Å²) >= 11 is 0. The number of benzene rings is 1. The highest BCUT2D eigenvalue weighted by atomic mass is 19.1. The molecule has 3 heterocycles. The molecule has 1 unspecified atom stereocenters. The Balaban J connectivity index is 1.87. The van der Waals surface area contributed by atoms with Crippen molar-refractivity contribution in [2.45, 2.75) is 12.5 Å². The minimum Gasteiger partial charge on any atom is -0.481 e. The van der Waals surface area contributed by atoms with E-state index in [4.69, 9.17) is 4.74 Å². The summed E-state index contributed by atoms with van der Waals surface area (Å²) in [6, 6.07) is 10.5. The molecule has 0 bridgehead atoms. The Morgan fingerprint density at radius 3 is 3.00 bits per heavy atom. The van der Waals surface area contributed by atoms with Gasteiger partial charge in [-0.15, -0.1) is 0 Å². The van der Waals surface area contributed by atoms with Gasteiger partial charge in [-0.25, -0.2) is 9.37 Å². The number of rotatable bonds is 2. The molecular weight excluding hydrogens is 281 g/mol. The summed E-state index contributed by atoms with van der Waals surface area (Å²) in [4.78, 5) is 7.99. The zero-order valence-electron chi connectivity index (χ0n) is 12.2. The van der Waals surface area contributed by atoms with E-state index in [-0.39, 0.29) is 11.9 Å². The first kappa shape index (κ1) is 13.3. The molecule has 0 saturated heterocycles. The van der Waals surface area contributed by atoms with Crippen molar-refractivity contribution in [2.75, 3.05) is 13.7 Å². The molecule has 112 valence electrons. The predicted molar refractivity (Wildman–Crippen MR) is 82.6 cm³/mol. The van der Waals surface area contributed by atoms with Crippen LogP contribution < -0.4 is 10.1 Å². The van der Waals surface area contributed by atoms with Crippen LogP contribution in [0, 0.1) is 5.82 Å². The van der Waals surface area contributed by atoms with Gasteiger partial charge in [-0.1, -0.05) is 12.1 Å². The van der Waals surface area contributed by atoms with Gasteiger partial charge < -0.3 is 15.0 Å². The number of fused-ring (bicyclic) bond motifs is 3. The van der Waals surface area contributed by atoms with E-state index in [1.165, 1.54) is 11.6 Å². The number of nitrogens with zero attached hydrogens (tertiary/aromatic N) is 1. The highest BCUT2D eigenvalue weighted by molar-refractivity contribution is 5.82. The Bertz CT molecular complexity index is 843. The number of H-pyrrole nitrogens is 1. The molecule has 0 saturated carbocycles. The summed E-state index contributed by atoms with van der Waals surface area (Å²) in [5.74, 6) is 0.387. The van der Waals surface area contributed by atoms with Gasteiger partial charge in [0.1, 0.15) is 5.82 Å². The monoisotopic (exact) mass is 297 g/mol. The lowest BCUT2D eigenvalue weighted by Crippen LogP contribution is -2.30. The van der Waals surface area contributed by atoms with Crippen LogP contribution in [-0.4, -0.2) is 23.6 Å². The molecule has 4 nitrogen and oxygen atoms in total. The third kappa shape index (κ3) is 2.05. The molecule has 1 aliphatic heterocycles. The van der Waals surface area contributed by atoms with Crippen molar-refractivity contribution in [3.63, 3.8) is 0 Å². The number of nitrogens with one attached hydrogen (secondary N) is 2. The summed E-state index contributed by atoms with van der Waals surface area (Å²) in [6.07, 6.45) is 0.890. The number of pyridine rings is 1. The van der Waals surface area contributed by atoms with Crippen molar-refractivity contribution in [3.8, 4) is 5.88 Å². The van der Waals surface area contributed by atoms with Crippen molar-refractivity contribution in [3.05, 3.63) is 59.0 Å². The number of ether oxygens (including phenoxy) is 1. The quantitative estimate of drug-likeness (QED) is 0.764. The summed E-state index contributed by atoms with van der Waals surface area (Å²) < 4.78 is 18.8. The smallest absolute Gasteiger partial charge is 0.213 e. The maximum absolute atomic E-state index is 13.5. The Morgan fingerprint density at radius 1 is 1.27 bits per heavy atom. The molecule has 2 N–H and O–H groups in total. The molecule has 0 amide bonds. The van der Waals surface area contributed by atoms with E-state index in [1.807, 2.05) is 18.2 Å². The average Bonchev–Trinajstić information content (AvgIpc) is 2.92. The number of methoxy groups -OCH3 is 1. The Morgan fingerprint density at radius 2 is 2.18 bits per heavy atom. The molecular formula is C17H16FN3O. The molecule has 1 atom stereocenters. The first-order valence-corrected chi connectivity index (χ1v) is 7.30. The SMILES string of the molecule is COc1ccc2[nH]c3c(c2n1)CCNC3c1cccc(F)c1. The lowest BCUT2D eigenvalue weighted by Gasteiger charge is -2.24. The van der Waals surface area contributed by atoms with Gasteiger partial charge in [0.2, 0.25) is 5.88 Å². The van der Waals surface area contributed by atoms with Crippen LogP contribution in [0.15, 0.2) is 36.4 Å². The van der Waals surface area contributed by atoms with Gasteiger partial charge in [-0.3, -0.25) is 0 Å². The minimum absolute atomic E-state index is 0.0420. The number of halogens is 1. The van der Waals surface area contributed by atoms with Crippen molar-refractivity contribution in [2.24, 2.45) is 0 Å². The summed E-state index contributed by atoms with van der Waals surface area (Å²) in [5.41, 5.74) is 5.09. The third-order valence-electron chi connectivity index (χ3n) is 4.15. The standard InChI is InChI=1S/C17H16FN3O/c1-22-14-6-5-13-16(21-14)12-7-8-19-15(17(12)20-13)10-3-2-4-11(18)9-10/h2-6,9,15,19-20H,7-8H2,1H3. The van der Waals surface area contributed by atoms with Crippen LogP contribution in [-0.2, 0) is 6.42 Å². The number of aromatic nitrogens is 2. The Hall–Kier alpha value is -2.40. The molecule has 22 heavy (non-hydrogen) atoms. The zero-order valence-corrected chi connectivity index (χ0v) is 12.2. The van der Waals surface area contributed by atoms with Gasteiger partial charge in [0.15, 0.2) is 0 Å². The van der Waals surface area contributed by atoms with E-state index in [1.54, 1.807) is 19.2 Å². The van der Waals surface area contributed by atoms with E-state index in [0.717, 1.165) is 35.3 Å². The molecule has 3 aromatic rings. The molecule has 1 aromatic carbocycles. The molecule has 5 heteroatoms. The first-order chi connectivity index (χ1) is 10.8. The molecule has 0 spiro atoms. The van der Waals surface area contributed by atoms with E-state index < -0.39 is 0 Å². The summed E-state index contributed by atoms with van der Waals surface area (Å²) in [6.45, 7) is 0.833. The Labute approximate surface area is 127 Å². The maximum Gasteiger partial charge on any atom is 0.213 e. The molecule has 4 rings (SSSR count). The maximum atomic E-state index is 13.5. The second-order valence-corrected chi connectivity index (χ2v) is 5.46. The predicted octanol–water partition coefficient (Wildman–Crippen LogP) is 2.95. The summed E-state index contributed by atoms with van der Waals surface area (Å²) in [7, 11) is 1.62. The van der Waals surface area contributed by atoms with Gasteiger partial charge in [0.05, 0.1) is 24.2 Å². The average molecular weight is 297 g/mol. The lowest BCUT2D eigenvalue weighted by atomic mass is 9.95. The molecule has 0 radical (unpaired) electrons. The summed E-state index contributed by atoms with van der Waals surface area (Å²) in [5, 5.41) is 3.45. The second kappa shape index (κ2) is 5.10. The van der Waals surface area contributed by atoms with Gasteiger partial charge in [-0.2, -0.15) is 0 Å². The fourth-order valence-corrected chi connectivity index (χ4v) is 3.15. The van der Waals surface area contributed by atoms with Gasteiger partial charge in [0, 0.05) is 23.9 Å². The van der Waals surface area contributed by atoms with Crippen LogP contribution in [0.4, 0.5) is 4.39 Å². The minimum atomic E-state index is -0.220. The number of hydrogen-bond acceptors (Lipinski definition) is 3. The molecule has 0 fully saturated rings. The van der Waals surface area contributed by atoms with Gasteiger partial charge in [0.25, 0.3) is 0 Å². The lowest BCUT2D eigenvalue weighted by molar-refractivity contribution is 0.399. The van der Waals surface area contributed by atoms with Crippen molar-refractivity contribution >= 4 is 11.0 Å². The number of hydrogen-bond donors (Lipinski definition) is 2. The largest absolute Gasteiger partial charge is 0.481 e. The van der Waals surface area contributed by atoms with Crippen LogP contribution in [0.25, 0.3) is 11.0 Å². The van der Waals surface area contributed by atoms with E-state index in [9.17, 15) is 4.39 Å². The van der Waals surface area contributed by atoms with Gasteiger partial charge in [-0.05, 0) is 30.2 Å². The van der Waals surface area contributed by atoms with E-state index in [0.29, 0.717) is 5.88 Å². The fraction of sp³-hybridized carbons (Fsp3) is 0.235. The normalized spacial score (nSPS) is 17.5. The van der Waals surface area contributed by atoms with Gasteiger partial charge >= 0.3 is 0 Å². The van der Waals surface area contributed by atoms with Crippen LogP contribution in [0.1, 0.15) is 22.9 Å². The Kier molecular flexibility index (Phi) is 3.08. The molecule has 0 aliphatic carbocycles. The highest BCUT2D eigenvalue weighted by Gasteiger charge is 2.26. The van der Waals surface area contributed by atoms with Crippen molar-refractivity contribution < 1.29 is 9.13 Å². The van der Waals surface area contributed by atoms with E-state index in [2.05, 4.69) is 15.3 Å². The number of aromatic amines is 1. The second-order valence-electron chi connectivity index (χ2n) is 5.46. The fourth-order valence-electron chi connectivity index (χ4n) is 3.15.